The van der Waals surface area contributed by atoms with E-state index >= 15 is 0 Å². The Labute approximate surface area is 135 Å². The molecular formula is C15H24N2O6. The molecule has 2 unspecified atom stereocenters. The van der Waals surface area contributed by atoms with E-state index in [0.717, 1.165) is 6.42 Å². The van der Waals surface area contributed by atoms with Crippen molar-refractivity contribution in [1.82, 2.24) is 10.2 Å². The van der Waals surface area contributed by atoms with Crippen LogP contribution in [-0.4, -0.2) is 64.9 Å². The highest BCUT2D eigenvalue weighted by atomic mass is 16.6. The standard InChI is InChI=1S/C15H24N2O6/c1-14(2,3)23-13(21)16-15(12(19)20)6-7-17(9-15)11(18)10-5-4-8-22-10/h10H,4-9H2,1-3H3,(H,16,21)(H,19,20). The van der Waals surface area contributed by atoms with Crippen LogP contribution in [0.25, 0.3) is 0 Å². The number of carboxylic acid groups (broad SMARTS) is 1. The van der Waals surface area contributed by atoms with E-state index < -0.39 is 29.3 Å². The van der Waals surface area contributed by atoms with E-state index in [4.69, 9.17) is 9.47 Å². The van der Waals surface area contributed by atoms with Gasteiger partial charge in [0.25, 0.3) is 5.91 Å². The largest absolute Gasteiger partial charge is 0.479 e. The average Bonchev–Trinajstić information content (AvgIpc) is 3.05. The van der Waals surface area contributed by atoms with Crippen LogP contribution in [0, 0.1) is 0 Å². The van der Waals surface area contributed by atoms with Crippen LogP contribution in [-0.2, 0) is 19.1 Å². The Morgan fingerprint density at radius 3 is 2.57 bits per heavy atom. The lowest BCUT2D eigenvalue weighted by molar-refractivity contribution is -0.145. The summed E-state index contributed by atoms with van der Waals surface area (Å²) in [5.74, 6) is -1.39. The highest BCUT2D eigenvalue weighted by molar-refractivity contribution is 5.88. The van der Waals surface area contributed by atoms with Gasteiger partial charge in [-0.05, 0) is 33.6 Å². The molecule has 2 aliphatic rings. The summed E-state index contributed by atoms with van der Waals surface area (Å²) in [7, 11) is 0. The van der Waals surface area contributed by atoms with Gasteiger partial charge in [0, 0.05) is 19.6 Å². The second-order valence-electron chi connectivity index (χ2n) is 7.03. The van der Waals surface area contributed by atoms with Crippen molar-refractivity contribution >= 4 is 18.0 Å². The van der Waals surface area contributed by atoms with Crippen molar-refractivity contribution in [2.75, 3.05) is 19.7 Å². The lowest BCUT2D eigenvalue weighted by Gasteiger charge is -2.28. The minimum Gasteiger partial charge on any atom is -0.479 e. The van der Waals surface area contributed by atoms with Gasteiger partial charge in [-0.15, -0.1) is 0 Å². The number of rotatable bonds is 3. The van der Waals surface area contributed by atoms with Crippen molar-refractivity contribution in [3.8, 4) is 0 Å². The molecule has 2 fully saturated rings. The maximum atomic E-state index is 12.3. The number of nitrogens with zero attached hydrogens (tertiary/aromatic N) is 1. The molecule has 0 aromatic carbocycles. The molecule has 8 heteroatoms. The third-order valence-corrected chi connectivity index (χ3v) is 3.94. The molecule has 2 aliphatic heterocycles. The third-order valence-electron chi connectivity index (χ3n) is 3.94. The number of nitrogens with one attached hydrogen (secondary N) is 1. The fourth-order valence-corrected chi connectivity index (χ4v) is 2.80. The predicted octanol–water partition coefficient (Wildman–Crippen LogP) is 0.746. The first-order valence-electron chi connectivity index (χ1n) is 7.78. The highest BCUT2D eigenvalue weighted by Crippen LogP contribution is 2.25. The Bertz CT molecular complexity index is 495. The van der Waals surface area contributed by atoms with Crippen LogP contribution in [0.5, 0.6) is 0 Å². The number of carbonyl (C=O) groups excluding carboxylic acids is 2. The van der Waals surface area contributed by atoms with Crippen molar-refractivity contribution in [3.05, 3.63) is 0 Å². The van der Waals surface area contributed by atoms with Gasteiger partial charge in [0.15, 0.2) is 5.54 Å². The summed E-state index contributed by atoms with van der Waals surface area (Å²) >= 11 is 0. The van der Waals surface area contributed by atoms with Gasteiger partial charge in [-0.1, -0.05) is 0 Å². The van der Waals surface area contributed by atoms with Crippen LogP contribution in [0.15, 0.2) is 0 Å². The van der Waals surface area contributed by atoms with E-state index in [0.29, 0.717) is 13.0 Å². The Morgan fingerprint density at radius 1 is 1.35 bits per heavy atom. The summed E-state index contributed by atoms with van der Waals surface area (Å²) < 4.78 is 10.5. The number of carbonyl (C=O) groups is 3. The SMILES string of the molecule is CC(C)(C)OC(=O)NC1(C(=O)O)CCN(C(=O)C2CCCO2)C1. The van der Waals surface area contributed by atoms with Crippen LogP contribution in [0.2, 0.25) is 0 Å². The molecule has 0 bridgehead atoms. The molecule has 130 valence electrons. The number of hydrogen-bond donors (Lipinski definition) is 2. The van der Waals surface area contributed by atoms with Crippen molar-refractivity contribution < 1.29 is 29.0 Å². The third kappa shape index (κ3) is 4.13. The second kappa shape index (κ2) is 6.35. The van der Waals surface area contributed by atoms with E-state index in [2.05, 4.69) is 5.32 Å². The summed E-state index contributed by atoms with van der Waals surface area (Å²) in [5, 5.41) is 12.0. The molecule has 8 nitrogen and oxygen atoms in total. The van der Waals surface area contributed by atoms with E-state index in [9.17, 15) is 19.5 Å². The Kier molecular flexibility index (Phi) is 4.84. The predicted molar refractivity (Wildman–Crippen MR) is 79.9 cm³/mol. The van der Waals surface area contributed by atoms with Gasteiger partial charge in [-0.3, -0.25) is 4.79 Å². The van der Waals surface area contributed by atoms with Crippen LogP contribution in [0.3, 0.4) is 0 Å². The van der Waals surface area contributed by atoms with Crippen LogP contribution in [0.1, 0.15) is 40.0 Å². The number of carboxylic acids is 1. The van der Waals surface area contributed by atoms with Gasteiger partial charge in [0.1, 0.15) is 11.7 Å². The molecule has 23 heavy (non-hydrogen) atoms. The molecule has 0 aromatic heterocycles. The maximum Gasteiger partial charge on any atom is 0.408 e. The molecule has 0 aromatic rings. The lowest BCUT2D eigenvalue weighted by Crippen LogP contribution is -2.57. The van der Waals surface area contributed by atoms with Crippen molar-refractivity contribution in [1.29, 1.82) is 0 Å². The Balaban J connectivity index is 2.03. The summed E-state index contributed by atoms with van der Waals surface area (Å²) in [6.45, 7) is 5.82. The van der Waals surface area contributed by atoms with Crippen molar-refractivity contribution in [2.45, 2.75) is 57.3 Å². The summed E-state index contributed by atoms with van der Waals surface area (Å²) in [6.07, 6.45) is 0.312. The molecule has 0 spiro atoms. The number of hydrogen-bond acceptors (Lipinski definition) is 5. The molecule has 0 radical (unpaired) electrons. The molecule has 2 rings (SSSR count). The van der Waals surface area contributed by atoms with E-state index in [-0.39, 0.29) is 25.4 Å². The molecule has 2 amide bonds. The van der Waals surface area contributed by atoms with Gasteiger partial charge >= 0.3 is 12.1 Å². The average molecular weight is 328 g/mol. The first-order chi connectivity index (χ1) is 10.6. The summed E-state index contributed by atoms with van der Waals surface area (Å²) in [4.78, 5) is 37.4. The molecule has 2 saturated heterocycles. The van der Waals surface area contributed by atoms with Gasteiger partial charge in [-0.2, -0.15) is 0 Å². The second-order valence-corrected chi connectivity index (χ2v) is 7.03. The van der Waals surface area contributed by atoms with E-state index in [1.54, 1.807) is 20.8 Å². The zero-order valence-electron chi connectivity index (χ0n) is 13.8. The van der Waals surface area contributed by atoms with Gasteiger partial charge in [0.2, 0.25) is 0 Å². The number of likely N-dealkylation sites (tertiary alicyclic amines) is 1. The normalized spacial score (nSPS) is 27.8. The summed E-state index contributed by atoms with van der Waals surface area (Å²) in [6, 6.07) is 0. The smallest absolute Gasteiger partial charge is 0.408 e. The van der Waals surface area contributed by atoms with Crippen LogP contribution >= 0.6 is 0 Å². The molecule has 2 N–H and O–H groups in total. The molecular weight excluding hydrogens is 304 g/mol. The monoisotopic (exact) mass is 328 g/mol. The number of amides is 2. The zero-order chi connectivity index (χ0) is 17.3. The molecule has 2 atom stereocenters. The van der Waals surface area contributed by atoms with Gasteiger partial charge in [-0.25, -0.2) is 9.59 Å². The summed E-state index contributed by atoms with van der Waals surface area (Å²) in [5.41, 5.74) is -2.24. The Morgan fingerprint density at radius 2 is 2.04 bits per heavy atom. The highest BCUT2D eigenvalue weighted by Gasteiger charge is 2.49. The molecule has 2 heterocycles. The first kappa shape index (κ1) is 17.5. The van der Waals surface area contributed by atoms with Crippen LogP contribution < -0.4 is 5.32 Å². The number of ether oxygens (including phenoxy) is 2. The maximum absolute atomic E-state index is 12.3. The fraction of sp³-hybridized carbons (Fsp3) is 0.800. The van der Waals surface area contributed by atoms with Crippen molar-refractivity contribution in [3.63, 3.8) is 0 Å². The topological polar surface area (TPSA) is 105 Å². The Hall–Kier alpha value is -1.83. The van der Waals surface area contributed by atoms with Crippen molar-refractivity contribution in [2.24, 2.45) is 0 Å². The first-order valence-corrected chi connectivity index (χ1v) is 7.78. The molecule has 0 saturated carbocycles. The van der Waals surface area contributed by atoms with Crippen LogP contribution in [0.4, 0.5) is 4.79 Å². The molecule has 0 aliphatic carbocycles. The minimum atomic E-state index is -1.52. The van der Waals surface area contributed by atoms with Gasteiger partial charge < -0.3 is 24.8 Å². The number of aliphatic carboxylic acids is 1. The lowest BCUT2D eigenvalue weighted by atomic mass is 9.99. The quantitative estimate of drug-likeness (QED) is 0.792. The number of alkyl carbamates (subject to hydrolysis) is 1. The minimum absolute atomic E-state index is 0.0831. The van der Waals surface area contributed by atoms with E-state index in [1.165, 1.54) is 4.90 Å². The zero-order valence-corrected chi connectivity index (χ0v) is 13.8. The van der Waals surface area contributed by atoms with Gasteiger partial charge in [0.05, 0.1) is 6.54 Å². The van der Waals surface area contributed by atoms with E-state index in [1.807, 2.05) is 0 Å². The fourth-order valence-electron chi connectivity index (χ4n) is 2.80.